The molecular formula is C29H37NO6S. The predicted molar refractivity (Wildman–Crippen MR) is 146 cm³/mol. The number of aliphatic hydroxyl groups excluding tert-OH is 1. The Kier molecular flexibility index (Phi) is 10.5. The smallest absolute Gasteiger partial charge is 0.213 e. The molecule has 1 atom stereocenters. The van der Waals surface area contributed by atoms with Crippen molar-refractivity contribution in [3.8, 4) is 22.8 Å². The lowest BCUT2D eigenvalue weighted by molar-refractivity contribution is 0.0429. The number of hydrogen-bond donors (Lipinski definition) is 1. The molecule has 3 rings (SSSR count). The molecule has 37 heavy (non-hydrogen) atoms. The van der Waals surface area contributed by atoms with Crippen molar-refractivity contribution in [3.63, 3.8) is 0 Å². The van der Waals surface area contributed by atoms with Gasteiger partial charge in [-0.3, -0.25) is 0 Å². The van der Waals surface area contributed by atoms with E-state index in [4.69, 9.17) is 14.2 Å². The van der Waals surface area contributed by atoms with E-state index in [-0.39, 0.29) is 18.5 Å². The number of rotatable bonds is 14. The van der Waals surface area contributed by atoms with Gasteiger partial charge in [0, 0.05) is 38.2 Å². The van der Waals surface area contributed by atoms with Crippen LogP contribution in [-0.4, -0.2) is 50.3 Å². The van der Waals surface area contributed by atoms with Gasteiger partial charge in [0.05, 0.1) is 18.5 Å². The molecule has 3 aromatic rings. The summed E-state index contributed by atoms with van der Waals surface area (Å²) < 4.78 is 40.0. The summed E-state index contributed by atoms with van der Waals surface area (Å²) in [6, 6.07) is 16.0. The van der Waals surface area contributed by atoms with E-state index in [9.17, 15) is 13.5 Å². The zero-order chi connectivity index (χ0) is 26.8. The van der Waals surface area contributed by atoms with Crippen molar-refractivity contribution in [2.45, 2.75) is 46.3 Å². The fraction of sp³-hybridized carbons (Fsp3) is 0.414. The molecule has 0 radical (unpaired) electrons. The molecule has 0 aliphatic carbocycles. The first-order chi connectivity index (χ1) is 17.7. The zero-order valence-electron chi connectivity index (χ0n) is 22.1. The largest absolute Gasteiger partial charge is 0.494 e. The summed E-state index contributed by atoms with van der Waals surface area (Å²) in [5.41, 5.74) is 6.33. The molecule has 8 heteroatoms. The first-order valence-electron chi connectivity index (χ1n) is 12.5. The molecule has 0 bridgehead atoms. The van der Waals surface area contributed by atoms with Crippen LogP contribution in [0.5, 0.6) is 11.6 Å². The summed E-state index contributed by atoms with van der Waals surface area (Å²) in [5, 5.41) is 9.26. The second-order valence-electron chi connectivity index (χ2n) is 9.14. The Balaban J connectivity index is 1.65. The Morgan fingerprint density at radius 1 is 1.03 bits per heavy atom. The highest BCUT2D eigenvalue weighted by Gasteiger charge is 2.13. The highest BCUT2D eigenvalue weighted by molar-refractivity contribution is 7.90. The topological polar surface area (TPSA) is 95.0 Å². The van der Waals surface area contributed by atoms with Crippen LogP contribution in [0, 0.1) is 13.8 Å². The Morgan fingerprint density at radius 3 is 2.41 bits per heavy atom. The van der Waals surface area contributed by atoms with Gasteiger partial charge >= 0.3 is 0 Å². The van der Waals surface area contributed by atoms with Crippen molar-refractivity contribution >= 4 is 9.84 Å². The van der Waals surface area contributed by atoms with Crippen molar-refractivity contribution < 1.29 is 27.7 Å². The summed E-state index contributed by atoms with van der Waals surface area (Å²) in [6.07, 6.45) is 3.79. The maximum Gasteiger partial charge on any atom is 0.213 e. The van der Waals surface area contributed by atoms with Gasteiger partial charge in [0.2, 0.25) is 5.88 Å². The minimum atomic E-state index is -2.98. The number of sulfone groups is 1. The van der Waals surface area contributed by atoms with Gasteiger partial charge in [-0.2, -0.15) is 0 Å². The molecule has 200 valence electrons. The van der Waals surface area contributed by atoms with Gasteiger partial charge in [-0.05, 0) is 84.8 Å². The van der Waals surface area contributed by atoms with E-state index in [0.29, 0.717) is 38.5 Å². The molecule has 0 saturated carbocycles. The van der Waals surface area contributed by atoms with E-state index in [1.807, 2.05) is 57.2 Å². The third kappa shape index (κ3) is 8.84. The molecular weight excluding hydrogens is 490 g/mol. The number of pyridine rings is 1. The van der Waals surface area contributed by atoms with Crippen LogP contribution < -0.4 is 9.47 Å². The van der Waals surface area contributed by atoms with Gasteiger partial charge in [-0.25, -0.2) is 13.4 Å². The molecule has 0 fully saturated rings. The van der Waals surface area contributed by atoms with Crippen molar-refractivity contribution in [2.24, 2.45) is 0 Å². The highest BCUT2D eigenvalue weighted by atomic mass is 32.2. The molecule has 1 heterocycles. The number of aromatic nitrogens is 1. The van der Waals surface area contributed by atoms with E-state index in [2.05, 4.69) is 17.1 Å². The fourth-order valence-electron chi connectivity index (χ4n) is 4.28. The van der Waals surface area contributed by atoms with Crippen LogP contribution in [0.25, 0.3) is 11.1 Å². The maximum absolute atomic E-state index is 11.3. The van der Waals surface area contributed by atoms with Gasteiger partial charge in [-0.1, -0.05) is 18.2 Å². The minimum Gasteiger partial charge on any atom is -0.494 e. The van der Waals surface area contributed by atoms with Gasteiger partial charge in [0.15, 0.2) is 0 Å². The lowest BCUT2D eigenvalue weighted by Gasteiger charge is -2.16. The van der Waals surface area contributed by atoms with E-state index in [1.54, 1.807) is 6.20 Å². The number of benzene rings is 2. The number of aliphatic hydroxyl groups is 1. The SMILES string of the molecule is CCO[C@@H](CCO)c1ccc(OCc2cccc(-c3c(C)cc(OCCCS(C)(=O)=O)cc3C)c2)nc1. The third-order valence-electron chi connectivity index (χ3n) is 5.93. The Bertz CT molecular complexity index is 1230. The lowest BCUT2D eigenvalue weighted by Crippen LogP contribution is -2.08. The molecule has 0 saturated heterocycles. The number of ether oxygens (including phenoxy) is 3. The Hall–Kier alpha value is -2.94. The quantitative estimate of drug-likeness (QED) is 0.287. The summed E-state index contributed by atoms with van der Waals surface area (Å²) >= 11 is 0. The molecule has 0 aliphatic heterocycles. The summed E-state index contributed by atoms with van der Waals surface area (Å²) in [5.74, 6) is 1.39. The van der Waals surface area contributed by atoms with Crippen molar-refractivity contribution in [2.75, 3.05) is 31.8 Å². The van der Waals surface area contributed by atoms with Gasteiger partial charge < -0.3 is 19.3 Å². The van der Waals surface area contributed by atoms with E-state index < -0.39 is 9.84 Å². The molecule has 7 nitrogen and oxygen atoms in total. The van der Waals surface area contributed by atoms with Crippen LogP contribution in [0.4, 0.5) is 0 Å². The molecule has 1 aromatic heterocycles. The zero-order valence-corrected chi connectivity index (χ0v) is 22.9. The predicted octanol–water partition coefficient (Wildman–Crippen LogP) is 5.22. The number of hydrogen-bond acceptors (Lipinski definition) is 7. The first kappa shape index (κ1) is 28.6. The van der Waals surface area contributed by atoms with Crippen molar-refractivity contribution in [1.82, 2.24) is 4.98 Å². The van der Waals surface area contributed by atoms with E-state index >= 15 is 0 Å². The molecule has 0 spiro atoms. The van der Waals surface area contributed by atoms with Crippen LogP contribution >= 0.6 is 0 Å². The van der Waals surface area contributed by atoms with E-state index in [0.717, 1.165) is 39.1 Å². The van der Waals surface area contributed by atoms with Crippen LogP contribution in [0.3, 0.4) is 0 Å². The van der Waals surface area contributed by atoms with Crippen molar-refractivity contribution in [3.05, 3.63) is 77.0 Å². The first-order valence-corrected chi connectivity index (χ1v) is 14.6. The Morgan fingerprint density at radius 2 is 1.78 bits per heavy atom. The Labute approximate surface area is 220 Å². The van der Waals surface area contributed by atoms with Crippen molar-refractivity contribution in [1.29, 1.82) is 0 Å². The number of aryl methyl sites for hydroxylation is 2. The maximum atomic E-state index is 11.3. The average molecular weight is 528 g/mol. The molecule has 0 amide bonds. The monoisotopic (exact) mass is 527 g/mol. The standard InChI is InChI=1S/C29H37NO6S/c1-5-34-27(12-13-31)25-10-11-28(30-19-25)36-20-23-8-6-9-24(18-23)29-21(2)16-26(17-22(29)3)35-14-7-15-37(4,32)33/h6,8-11,16-19,27,31H,5,7,12-15,20H2,1-4H3/t27-/m0/s1. The third-order valence-corrected chi connectivity index (χ3v) is 6.96. The summed E-state index contributed by atoms with van der Waals surface area (Å²) in [7, 11) is -2.98. The molecule has 0 aliphatic rings. The lowest BCUT2D eigenvalue weighted by atomic mass is 9.94. The van der Waals surface area contributed by atoms with Gasteiger partial charge in [-0.15, -0.1) is 0 Å². The molecule has 2 aromatic carbocycles. The minimum absolute atomic E-state index is 0.0549. The summed E-state index contributed by atoms with van der Waals surface area (Å²) in [4.78, 5) is 4.41. The molecule has 1 N–H and O–H groups in total. The average Bonchev–Trinajstić information content (AvgIpc) is 2.85. The van der Waals surface area contributed by atoms with Crippen LogP contribution in [0.2, 0.25) is 0 Å². The highest BCUT2D eigenvalue weighted by Crippen LogP contribution is 2.32. The van der Waals surface area contributed by atoms with Crippen LogP contribution in [0.15, 0.2) is 54.7 Å². The van der Waals surface area contributed by atoms with E-state index in [1.165, 1.54) is 6.26 Å². The summed E-state index contributed by atoms with van der Waals surface area (Å²) in [6.45, 7) is 7.39. The van der Waals surface area contributed by atoms with Crippen LogP contribution in [-0.2, 0) is 21.2 Å². The van der Waals surface area contributed by atoms with Gasteiger partial charge in [0.25, 0.3) is 0 Å². The second kappa shape index (κ2) is 13.6. The number of nitrogens with zero attached hydrogens (tertiary/aromatic N) is 1. The fourth-order valence-corrected chi connectivity index (χ4v) is 4.92. The normalized spacial score (nSPS) is 12.4. The second-order valence-corrected chi connectivity index (χ2v) is 11.4. The molecule has 0 unspecified atom stereocenters. The van der Waals surface area contributed by atoms with Crippen LogP contribution in [0.1, 0.15) is 48.1 Å². The van der Waals surface area contributed by atoms with Gasteiger partial charge in [0.1, 0.15) is 22.2 Å².